The van der Waals surface area contributed by atoms with Crippen LogP contribution in [0.1, 0.15) is 46.5 Å². The average Bonchev–Trinajstić information content (AvgIpc) is 2.18. The summed E-state index contributed by atoms with van der Waals surface area (Å²) in [5.74, 6) is 0.204. The average molecular weight is 212 g/mol. The number of hydrogen-bond acceptors (Lipinski definition) is 2. The molecule has 0 aromatic rings. The third kappa shape index (κ3) is 4.65. The van der Waals surface area contributed by atoms with E-state index in [0.717, 1.165) is 25.9 Å². The molecule has 1 rings (SSSR count). The van der Waals surface area contributed by atoms with E-state index in [9.17, 15) is 4.79 Å². The molecule has 1 amide bonds. The molecule has 1 atom stereocenters. The quantitative estimate of drug-likeness (QED) is 0.744. The molecule has 1 heterocycles. The van der Waals surface area contributed by atoms with Gasteiger partial charge in [-0.25, -0.2) is 0 Å². The van der Waals surface area contributed by atoms with Crippen LogP contribution < -0.4 is 10.6 Å². The molecule has 3 heteroatoms. The smallest absolute Gasteiger partial charge is 0.220 e. The molecule has 0 radical (unpaired) electrons. The third-order valence-corrected chi connectivity index (χ3v) is 3.26. The third-order valence-electron chi connectivity index (χ3n) is 3.26. The van der Waals surface area contributed by atoms with E-state index in [4.69, 9.17) is 0 Å². The van der Waals surface area contributed by atoms with Crippen LogP contribution in [-0.4, -0.2) is 25.0 Å². The van der Waals surface area contributed by atoms with Crippen molar-refractivity contribution < 1.29 is 4.79 Å². The molecule has 0 bridgehead atoms. The van der Waals surface area contributed by atoms with E-state index in [1.54, 1.807) is 0 Å². The van der Waals surface area contributed by atoms with E-state index in [1.165, 1.54) is 6.42 Å². The van der Waals surface area contributed by atoms with Crippen LogP contribution in [0.4, 0.5) is 0 Å². The molecular formula is C12H24N2O. The molecule has 2 N–H and O–H groups in total. The minimum absolute atomic E-state index is 0.131. The van der Waals surface area contributed by atoms with Gasteiger partial charge in [0.05, 0.1) is 0 Å². The van der Waals surface area contributed by atoms with Gasteiger partial charge in [-0.05, 0) is 24.8 Å². The van der Waals surface area contributed by atoms with Gasteiger partial charge in [-0.3, -0.25) is 4.79 Å². The lowest BCUT2D eigenvalue weighted by molar-refractivity contribution is -0.123. The highest BCUT2D eigenvalue weighted by molar-refractivity contribution is 5.76. The van der Waals surface area contributed by atoms with Crippen LogP contribution in [0.3, 0.4) is 0 Å². The molecule has 0 saturated carbocycles. The molecule has 0 aromatic heterocycles. The van der Waals surface area contributed by atoms with Gasteiger partial charge in [-0.2, -0.15) is 0 Å². The van der Waals surface area contributed by atoms with E-state index in [-0.39, 0.29) is 11.3 Å². The van der Waals surface area contributed by atoms with E-state index in [2.05, 4.69) is 31.4 Å². The van der Waals surface area contributed by atoms with Crippen molar-refractivity contribution in [2.24, 2.45) is 5.41 Å². The fraction of sp³-hybridized carbons (Fsp3) is 0.917. The molecule has 15 heavy (non-hydrogen) atoms. The van der Waals surface area contributed by atoms with Gasteiger partial charge in [0.2, 0.25) is 5.91 Å². The molecule has 0 unspecified atom stereocenters. The van der Waals surface area contributed by atoms with Gasteiger partial charge in [-0.15, -0.1) is 0 Å². The Labute approximate surface area is 93.0 Å². The molecule has 0 aliphatic carbocycles. The van der Waals surface area contributed by atoms with Gasteiger partial charge in [-0.1, -0.05) is 27.2 Å². The number of piperidine rings is 1. The predicted molar refractivity (Wildman–Crippen MR) is 62.7 cm³/mol. The molecule has 0 aromatic carbocycles. The van der Waals surface area contributed by atoms with Crippen molar-refractivity contribution in [3.8, 4) is 0 Å². The standard InChI is InChI=1S/C12H24N2O/c1-4-12(2,3)8-11(15)14-10-6-5-7-13-9-10/h10,13H,4-9H2,1-3H3,(H,14,15)/t10-/m0/s1. The summed E-state index contributed by atoms with van der Waals surface area (Å²) >= 11 is 0. The Morgan fingerprint density at radius 3 is 2.80 bits per heavy atom. The molecule has 1 aliphatic heterocycles. The van der Waals surface area contributed by atoms with Crippen molar-refractivity contribution in [3.05, 3.63) is 0 Å². The number of rotatable bonds is 4. The van der Waals surface area contributed by atoms with Crippen molar-refractivity contribution in [2.45, 2.75) is 52.5 Å². The lowest BCUT2D eigenvalue weighted by atomic mass is 9.86. The SMILES string of the molecule is CCC(C)(C)CC(=O)N[C@H]1CCCNC1. The van der Waals surface area contributed by atoms with Gasteiger partial charge in [0.15, 0.2) is 0 Å². The van der Waals surface area contributed by atoms with E-state index in [1.807, 2.05) is 0 Å². The van der Waals surface area contributed by atoms with Crippen LogP contribution in [0.15, 0.2) is 0 Å². The zero-order valence-corrected chi connectivity index (χ0v) is 10.2. The highest BCUT2D eigenvalue weighted by Gasteiger charge is 2.22. The van der Waals surface area contributed by atoms with Crippen LogP contribution in [0.5, 0.6) is 0 Å². The van der Waals surface area contributed by atoms with Gasteiger partial charge >= 0.3 is 0 Å². The molecule has 3 nitrogen and oxygen atoms in total. The second-order valence-corrected chi connectivity index (χ2v) is 5.31. The fourth-order valence-electron chi connectivity index (χ4n) is 1.81. The highest BCUT2D eigenvalue weighted by Crippen LogP contribution is 2.24. The monoisotopic (exact) mass is 212 g/mol. The van der Waals surface area contributed by atoms with Crippen LogP contribution in [0.25, 0.3) is 0 Å². The first-order valence-corrected chi connectivity index (χ1v) is 6.03. The number of hydrogen-bond donors (Lipinski definition) is 2. The maximum atomic E-state index is 11.7. The zero-order chi connectivity index (χ0) is 11.3. The fourth-order valence-corrected chi connectivity index (χ4v) is 1.81. The second-order valence-electron chi connectivity index (χ2n) is 5.31. The normalized spacial score (nSPS) is 22.5. The summed E-state index contributed by atoms with van der Waals surface area (Å²) in [5.41, 5.74) is 0.131. The Hall–Kier alpha value is -0.570. The molecule has 88 valence electrons. The first kappa shape index (κ1) is 12.5. The summed E-state index contributed by atoms with van der Waals surface area (Å²) in [5, 5.41) is 6.41. The highest BCUT2D eigenvalue weighted by atomic mass is 16.1. The molecule has 1 fully saturated rings. The van der Waals surface area contributed by atoms with Crippen LogP contribution in [-0.2, 0) is 4.79 Å². The first-order valence-electron chi connectivity index (χ1n) is 6.03. The van der Waals surface area contributed by atoms with Crippen molar-refractivity contribution >= 4 is 5.91 Å². The molecular weight excluding hydrogens is 188 g/mol. The van der Waals surface area contributed by atoms with Crippen LogP contribution in [0.2, 0.25) is 0 Å². The van der Waals surface area contributed by atoms with Crippen LogP contribution >= 0.6 is 0 Å². The van der Waals surface area contributed by atoms with E-state index < -0.39 is 0 Å². The summed E-state index contributed by atoms with van der Waals surface area (Å²) in [6.45, 7) is 8.44. The Balaban J connectivity index is 2.28. The second kappa shape index (κ2) is 5.50. The Kier molecular flexibility index (Phi) is 4.58. The Bertz CT molecular complexity index is 208. The van der Waals surface area contributed by atoms with Gasteiger partial charge in [0.25, 0.3) is 0 Å². The number of nitrogens with one attached hydrogen (secondary N) is 2. The number of carbonyl (C=O) groups is 1. The van der Waals surface area contributed by atoms with Crippen molar-refractivity contribution in [2.75, 3.05) is 13.1 Å². The predicted octanol–water partition coefficient (Wildman–Crippen LogP) is 1.68. The zero-order valence-electron chi connectivity index (χ0n) is 10.2. The summed E-state index contributed by atoms with van der Waals surface area (Å²) < 4.78 is 0. The van der Waals surface area contributed by atoms with Crippen molar-refractivity contribution in [1.29, 1.82) is 0 Å². The van der Waals surface area contributed by atoms with E-state index >= 15 is 0 Å². The summed E-state index contributed by atoms with van der Waals surface area (Å²) in [6.07, 6.45) is 3.97. The number of amides is 1. The first-order chi connectivity index (χ1) is 7.03. The van der Waals surface area contributed by atoms with Gasteiger partial charge in [0, 0.05) is 19.0 Å². The van der Waals surface area contributed by atoms with Gasteiger partial charge < -0.3 is 10.6 Å². The van der Waals surface area contributed by atoms with Gasteiger partial charge in [0.1, 0.15) is 0 Å². The maximum Gasteiger partial charge on any atom is 0.220 e. The minimum atomic E-state index is 0.131. The Morgan fingerprint density at radius 1 is 1.53 bits per heavy atom. The largest absolute Gasteiger partial charge is 0.352 e. The summed E-state index contributed by atoms with van der Waals surface area (Å²) in [6, 6.07) is 0.346. The maximum absolute atomic E-state index is 11.7. The van der Waals surface area contributed by atoms with Crippen molar-refractivity contribution in [1.82, 2.24) is 10.6 Å². The lowest BCUT2D eigenvalue weighted by Crippen LogP contribution is -2.46. The minimum Gasteiger partial charge on any atom is -0.352 e. The van der Waals surface area contributed by atoms with E-state index in [0.29, 0.717) is 12.5 Å². The number of carbonyl (C=O) groups excluding carboxylic acids is 1. The molecule has 0 spiro atoms. The van der Waals surface area contributed by atoms with Crippen LogP contribution in [0, 0.1) is 5.41 Å². The summed E-state index contributed by atoms with van der Waals surface area (Å²) in [4.78, 5) is 11.7. The topological polar surface area (TPSA) is 41.1 Å². The van der Waals surface area contributed by atoms with Crippen molar-refractivity contribution in [3.63, 3.8) is 0 Å². The Morgan fingerprint density at radius 2 is 2.27 bits per heavy atom. The lowest BCUT2D eigenvalue weighted by Gasteiger charge is -2.27. The summed E-state index contributed by atoms with van der Waals surface area (Å²) in [7, 11) is 0. The molecule has 1 aliphatic rings. The molecule has 1 saturated heterocycles.